The molecule has 1 aliphatic heterocycles. The van der Waals surface area contributed by atoms with Gasteiger partial charge in [-0.3, -0.25) is 4.79 Å². The van der Waals surface area contributed by atoms with E-state index in [1.54, 1.807) is 0 Å². The summed E-state index contributed by atoms with van der Waals surface area (Å²) in [5.74, 6) is 1.30. The molecule has 1 saturated heterocycles. The van der Waals surface area contributed by atoms with E-state index in [-0.39, 0.29) is 5.91 Å². The first kappa shape index (κ1) is 20.5. The number of rotatable bonds is 10. The molecule has 0 saturated carbocycles. The van der Waals surface area contributed by atoms with Crippen LogP contribution in [0.15, 0.2) is 34.7 Å². The number of piperidine rings is 1. The molecule has 0 radical (unpaired) electrons. The van der Waals surface area contributed by atoms with Gasteiger partial charge >= 0.3 is 0 Å². The van der Waals surface area contributed by atoms with Crippen molar-refractivity contribution in [2.24, 2.45) is 0 Å². The largest absolute Gasteiger partial charge is 0.425 e. The Morgan fingerprint density at radius 1 is 1.11 bits per heavy atom. The minimum absolute atomic E-state index is 0.0813. The maximum Gasteiger partial charge on any atom is 0.220 e. The lowest BCUT2D eigenvalue weighted by Crippen LogP contribution is -2.44. The van der Waals surface area contributed by atoms with Gasteiger partial charge in [-0.25, -0.2) is 0 Å². The van der Waals surface area contributed by atoms with Crippen LogP contribution in [0.4, 0.5) is 0 Å². The first-order valence-electron chi connectivity index (χ1n) is 10.6. The standard InChI is InChI=1S/C22H32N4O2/c1-2-15-26-16-13-19(14-17-26)23-20(27)11-12-22-25-24-21(28-22)10-6-9-18-7-4-3-5-8-18/h3-5,7-8,19H,2,6,9-17H2,1H3,(H,23,27). The van der Waals surface area contributed by atoms with Gasteiger partial charge in [0.25, 0.3) is 0 Å². The molecule has 6 nitrogen and oxygen atoms in total. The summed E-state index contributed by atoms with van der Waals surface area (Å²) in [5.41, 5.74) is 1.32. The van der Waals surface area contributed by atoms with Gasteiger partial charge in [-0.2, -0.15) is 0 Å². The Labute approximate surface area is 167 Å². The molecular formula is C22H32N4O2. The molecule has 28 heavy (non-hydrogen) atoms. The summed E-state index contributed by atoms with van der Waals surface area (Å²) >= 11 is 0. The smallest absolute Gasteiger partial charge is 0.220 e. The van der Waals surface area contributed by atoms with Crippen molar-refractivity contribution in [2.45, 2.75) is 64.3 Å². The number of nitrogens with zero attached hydrogens (tertiary/aromatic N) is 3. The van der Waals surface area contributed by atoms with Crippen molar-refractivity contribution < 1.29 is 9.21 Å². The molecule has 152 valence electrons. The van der Waals surface area contributed by atoms with Crippen molar-refractivity contribution in [3.8, 4) is 0 Å². The Balaban J connectivity index is 1.32. The number of aryl methyl sites for hydroxylation is 3. The first-order valence-corrected chi connectivity index (χ1v) is 10.6. The number of carbonyl (C=O) groups is 1. The molecule has 0 atom stereocenters. The fraction of sp³-hybridized carbons (Fsp3) is 0.591. The van der Waals surface area contributed by atoms with E-state index in [4.69, 9.17) is 4.42 Å². The van der Waals surface area contributed by atoms with Crippen LogP contribution in [0, 0.1) is 0 Å². The minimum Gasteiger partial charge on any atom is -0.425 e. The normalized spacial score (nSPS) is 15.6. The number of benzene rings is 1. The summed E-state index contributed by atoms with van der Waals surface area (Å²) in [6, 6.07) is 10.7. The first-order chi connectivity index (χ1) is 13.7. The summed E-state index contributed by atoms with van der Waals surface area (Å²) in [4.78, 5) is 14.7. The molecule has 0 spiro atoms. The van der Waals surface area contributed by atoms with Gasteiger partial charge in [0.2, 0.25) is 17.7 Å². The molecule has 0 bridgehead atoms. The number of hydrogen-bond donors (Lipinski definition) is 1. The third kappa shape index (κ3) is 6.75. The van der Waals surface area contributed by atoms with Crippen LogP contribution in [0.5, 0.6) is 0 Å². The van der Waals surface area contributed by atoms with E-state index >= 15 is 0 Å². The maximum absolute atomic E-state index is 12.2. The predicted octanol–water partition coefficient (Wildman–Crippen LogP) is 3.17. The molecule has 0 aliphatic carbocycles. The van der Waals surface area contributed by atoms with Gasteiger partial charge < -0.3 is 14.6 Å². The number of amides is 1. The molecular weight excluding hydrogens is 352 g/mol. The monoisotopic (exact) mass is 384 g/mol. The molecule has 2 aromatic rings. The Hall–Kier alpha value is -2.21. The zero-order chi connectivity index (χ0) is 19.6. The summed E-state index contributed by atoms with van der Waals surface area (Å²) in [7, 11) is 0. The van der Waals surface area contributed by atoms with E-state index in [1.807, 2.05) is 6.07 Å². The molecule has 1 N–H and O–H groups in total. The highest BCUT2D eigenvalue weighted by atomic mass is 16.4. The highest BCUT2D eigenvalue weighted by Gasteiger charge is 2.20. The van der Waals surface area contributed by atoms with Gasteiger partial charge in [0, 0.05) is 38.4 Å². The topological polar surface area (TPSA) is 71.3 Å². The van der Waals surface area contributed by atoms with Crippen molar-refractivity contribution in [1.82, 2.24) is 20.4 Å². The molecule has 1 fully saturated rings. The van der Waals surface area contributed by atoms with E-state index in [1.165, 1.54) is 12.0 Å². The Bertz CT molecular complexity index is 708. The zero-order valence-corrected chi connectivity index (χ0v) is 16.9. The van der Waals surface area contributed by atoms with Crippen LogP contribution in [0.25, 0.3) is 0 Å². The van der Waals surface area contributed by atoms with E-state index in [9.17, 15) is 4.79 Å². The van der Waals surface area contributed by atoms with Crippen molar-refractivity contribution in [2.75, 3.05) is 19.6 Å². The summed E-state index contributed by atoms with van der Waals surface area (Å²) in [6.45, 7) is 5.52. The second kappa shape index (κ2) is 11.0. The van der Waals surface area contributed by atoms with Gasteiger partial charge in [-0.05, 0) is 44.2 Å². The van der Waals surface area contributed by atoms with Crippen LogP contribution in [-0.2, 0) is 24.1 Å². The van der Waals surface area contributed by atoms with Crippen LogP contribution in [0.1, 0.15) is 56.4 Å². The number of nitrogens with one attached hydrogen (secondary N) is 1. The lowest BCUT2D eigenvalue weighted by atomic mass is 10.0. The lowest BCUT2D eigenvalue weighted by Gasteiger charge is -2.32. The zero-order valence-electron chi connectivity index (χ0n) is 16.9. The van der Waals surface area contributed by atoms with Gasteiger partial charge in [0.05, 0.1) is 0 Å². The number of aromatic nitrogens is 2. The Morgan fingerprint density at radius 2 is 1.82 bits per heavy atom. The molecule has 1 aromatic heterocycles. The third-order valence-electron chi connectivity index (χ3n) is 5.27. The van der Waals surface area contributed by atoms with Crippen molar-refractivity contribution in [3.63, 3.8) is 0 Å². The van der Waals surface area contributed by atoms with E-state index in [2.05, 4.69) is 51.6 Å². The van der Waals surface area contributed by atoms with E-state index in [0.717, 1.165) is 51.7 Å². The second-order valence-electron chi connectivity index (χ2n) is 7.61. The highest BCUT2D eigenvalue weighted by Crippen LogP contribution is 2.12. The van der Waals surface area contributed by atoms with Crippen LogP contribution in [-0.4, -0.2) is 46.7 Å². The minimum atomic E-state index is 0.0813. The lowest BCUT2D eigenvalue weighted by molar-refractivity contribution is -0.122. The van der Waals surface area contributed by atoms with E-state index < -0.39 is 0 Å². The van der Waals surface area contributed by atoms with Crippen LogP contribution >= 0.6 is 0 Å². The molecule has 1 amide bonds. The van der Waals surface area contributed by atoms with Crippen LogP contribution in [0.3, 0.4) is 0 Å². The van der Waals surface area contributed by atoms with Crippen molar-refractivity contribution in [1.29, 1.82) is 0 Å². The molecule has 3 rings (SSSR count). The molecule has 0 unspecified atom stereocenters. The molecule has 2 heterocycles. The highest BCUT2D eigenvalue weighted by molar-refractivity contribution is 5.76. The van der Waals surface area contributed by atoms with Gasteiger partial charge in [-0.15, -0.1) is 10.2 Å². The van der Waals surface area contributed by atoms with Crippen molar-refractivity contribution >= 4 is 5.91 Å². The fourth-order valence-electron chi connectivity index (χ4n) is 3.72. The average Bonchev–Trinajstić information content (AvgIpc) is 3.17. The number of hydrogen-bond acceptors (Lipinski definition) is 5. The van der Waals surface area contributed by atoms with Crippen LogP contribution in [0.2, 0.25) is 0 Å². The summed E-state index contributed by atoms with van der Waals surface area (Å²) < 4.78 is 5.69. The van der Waals surface area contributed by atoms with Crippen molar-refractivity contribution in [3.05, 3.63) is 47.7 Å². The quantitative estimate of drug-likeness (QED) is 0.681. The number of carbonyl (C=O) groups excluding carboxylic acids is 1. The summed E-state index contributed by atoms with van der Waals surface area (Å²) in [5, 5.41) is 11.4. The average molecular weight is 385 g/mol. The SMILES string of the molecule is CCCN1CCC(NC(=O)CCc2nnc(CCCc3ccccc3)o2)CC1. The maximum atomic E-state index is 12.2. The Kier molecular flexibility index (Phi) is 8.03. The molecule has 6 heteroatoms. The third-order valence-corrected chi connectivity index (χ3v) is 5.27. The van der Waals surface area contributed by atoms with E-state index in [0.29, 0.717) is 30.7 Å². The predicted molar refractivity (Wildman–Crippen MR) is 109 cm³/mol. The summed E-state index contributed by atoms with van der Waals surface area (Å²) in [6.07, 6.45) is 6.92. The molecule has 1 aliphatic rings. The number of likely N-dealkylation sites (tertiary alicyclic amines) is 1. The second-order valence-corrected chi connectivity index (χ2v) is 7.61. The van der Waals surface area contributed by atoms with Gasteiger partial charge in [0.1, 0.15) is 0 Å². The van der Waals surface area contributed by atoms with Gasteiger partial charge in [-0.1, -0.05) is 37.3 Å². The fourth-order valence-corrected chi connectivity index (χ4v) is 3.72. The molecule has 1 aromatic carbocycles. The Morgan fingerprint density at radius 3 is 2.54 bits per heavy atom. The van der Waals surface area contributed by atoms with Gasteiger partial charge in [0.15, 0.2) is 0 Å². The van der Waals surface area contributed by atoms with Crippen LogP contribution < -0.4 is 5.32 Å².